The summed E-state index contributed by atoms with van der Waals surface area (Å²) >= 11 is 3.00. The molecule has 1 aromatic heterocycles. The molecular weight excluding hydrogens is 205 g/mol. The van der Waals surface area contributed by atoms with Gasteiger partial charge in [-0.15, -0.1) is 23.5 Å². The zero-order valence-corrected chi connectivity index (χ0v) is 8.81. The number of thioether (sulfide) groups is 2. The highest BCUT2D eigenvalue weighted by Crippen LogP contribution is 2.21. The van der Waals surface area contributed by atoms with E-state index in [1.165, 1.54) is 11.8 Å². The fraction of sp³-hybridized carbons (Fsp3) is 0.286. The molecule has 0 aromatic carbocycles. The normalized spacial score (nSPS) is 10.1. The molecule has 0 aliphatic carbocycles. The van der Waals surface area contributed by atoms with Gasteiger partial charge in [0.2, 0.25) is 0 Å². The third-order valence-electron chi connectivity index (χ3n) is 1.32. The Kier molecular flexibility index (Phi) is 4.65. The number of hydrogen-bond acceptors (Lipinski definition) is 5. The molecule has 0 saturated carbocycles. The highest BCUT2D eigenvalue weighted by Gasteiger charge is 2.07. The lowest BCUT2D eigenvalue weighted by Crippen LogP contribution is -2.14. The summed E-state index contributed by atoms with van der Waals surface area (Å²) < 4.78 is 0. The van der Waals surface area contributed by atoms with E-state index < -0.39 is 7.12 Å². The van der Waals surface area contributed by atoms with Crippen molar-refractivity contribution >= 4 is 30.6 Å². The molecule has 1 heterocycles. The van der Waals surface area contributed by atoms with Gasteiger partial charge < -0.3 is 10.0 Å². The standard InChI is InChI=1S/C7H10BNO2S2/c1-12-6-2-7(4-9-3-6)13-5-8(10)11/h2-4,10-11H,5H2,1H3. The Morgan fingerprint density at radius 2 is 2.08 bits per heavy atom. The molecule has 0 radical (unpaired) electrons. The third kappa shape index (κ3) is 4.04. The van der Waals surface area contributed by atoms with Gasteiger partial charge in [0.25, 0.3) is 0 Å². The second kappa shape index (κ2) is 5.54. The molecule has 13 heavy (non-hydrogen) atoms. The van der Waals surface area contributed by atoms with Crippen molar-refractivity contribution in [3.05, 3.63) is 18.5 Å². The molecule has 0 unspecified atom stereocenters. The zero-order valence-electron chi connectivity index (χ0n) is 7.17. The second-order valence-corrected chi connectivity index (χ2v) is 4.33. The van der Waals surface area contributed by atoms with Gasteiger partial charge in [-0.2, -0.15) is 0 Å². The highest BCUT2D eigenvalue weighted by atomic mass is 32.2. The molecule has 0 bridgehead atoms. The van der Waals surface area contributed by atoms with Crippen LogP contribution in [0.5, 0.6) is 0 Å². The summed E-state index contributed by atoms with van der Waals surface area (Å²) in [6, 6.07) is 1.98. The van der Waals surface area contributed by atoms with Crippen LogP contribution in [0.25, 0.3) is 0 Å². The number of aromatic nitrogens is 1. The lowest BCUT2D eigenvalue weighted by atomic mass is 9.98. The predicted molar refractivity (Wildman–Crippen MR) is 56.9 cm³/mol. The van der Waals surface area contributed by atoms with E-state index in [1.54, 1.807) is 24.2 Å². The Labute approximate surface area is 86.1 Å². The van der Waals surface area contributed by atoms with Gasteiger partial charge in [-0.25, -0.2) is 0 Å². The minimum atomic E-state index is -1.26. The largest absolute Gasteiger partial charge is 0.462 e. The van der Waals surface area contributed by atoms with Crippen LogP contribution >= 0.6 is 23.5 Å². The molecule has 3 nitrogen and oxygen atoms in total. The predicted octanol–water partition coefficient (Wildman–Crippen LogP) is 0.908. The molecule has 2 N–H and O–H groups in total. The topological polar surface area (TPSA) is 53.4 Å². The average Bonchev–Trinajstić information content (AvgIpc) is 2.15. The molecule has 0 aliphatic heterocycles. The SMILES string of the molecule is CSc1cncc(SCB(O)O)c1. The molecule has 6 heteroatoms. The molecule has 0 atom stereocenters. The fourth-order valence-corrected chi connectivity index (χ4v) is 1.93. The molecule has 1 aromatic rings. The summed E-state index contributed by atoms with van der Waals surface area (Å²) in [5, 5.41) is 17.3. The Balaban J connectivity index is 2.56. The van der Waals surface area contributed by atoms with E-state index in [9.17, 15) is 0 Å². The van der Waals surface area contributed by atoms with Gasteiger partial charge in [-0.3, -0.25) is 4.98 Å². The maximum absolute atomic E-state index is 8.65. The molecule has 0 aliphatic rings. The fourth-order valence-electron chi connectivity index (χ4n) is 0.760. The summed E-state index contributed by atoms with van der Waals surface area (Å²) in [5.41, 5.74) is 0.277. The van der Waals surface area contributed by atoms with Crippen LogP contribution in [0.1, 0.15) is 0 Å². The number of hydrogen-bond donors (Lipinski definition) is 2. The Bertz CT molecular complexity index is 272. The highest BCUT2D eigenvalue weighted by molar-refractivity contribution is 8.00. The Morgan fingerprint density at radius 3 is 2.69 bits per heavy atom. The molecule has 0 saturated heterocycles. The van der Waals surface area contributed by atoms with Crippen LogP contribution in [0, 0.1) is 0 Å². The molecule has 70 valence electrons. The van der Waals surface area contributed by atoms with Crippen LogP contribution < -0.4 is 0 Å². The van der Waals surface area contributed by atoms with Gasteiger partial charge in [0.15, 0.2) is 0 Å². The van der Waals surface area contributed by atoms with Crippen LogP contribution in [-0.2, 0) is 0 Å². The monoisotopic (exact) mass is 215 g/mol. The molecule has 0 fully saturated rings. The van der Waals surface area contributed by atoms with E-state index in [0.717, 1.165) is 9.79 Å². The van der Waals surface area contributed by atoms with Crippen molar-refractivity contribution in [1.82, 2.24) is 4.98 Å². The van der Waals surface area contributed by atoms with Crippen LogP contribution in [0.3, 0.4) is 0 Å². The third-order valence-corrected chi connectivity index (χ3v) is 3.04. The summed E-state index contributed by atoms with van der Waals surface area (Å²) in [5.74, 6) is 0. The minimum absolute atomic E-state index is 0.277. The summed E-state index contributed by atoms with van der Waals surface area (Å²) in [4.78, 5) is 6.07. The van der Waals surface area contributed by atoms with Crippen molar-refractivity contribution in [3.8, 4) is 0 Å². The summed E-state index contributed by atoms with van der Waals surface area (Å²) in [7, 11) is -1.26. The summed E-state index contributed by atoms with van der Waals surface area (Å²) in [6.45, 7) is 0. The maximum Gasteiger partial charge on any atom is 0.462 e. The van der Waals surface area contributed by atoms with Gasteiger partial charge in [0.1, 0.15) is 0 Å². The van der Waals surface area contributed by atoms with Gasteiger partial charge in [0.05, 0.1) is 0 Å². The van der Waals surface area contributed by atoms with Gasteiger partial charge in [0, 0.05) is 27.8 Å². The van der Waals surface area contributed by atoms with Crippen molar-refractivity contribution < 1.29 is 10.0 Å². The van der Waals surface area contributed by atoms with E-state index in [1.807, 2.05) is 12.3 Å². The van der Waals surface area contributed by atoms with E-state index in [0.29, 0.717) is 0 Å². The van der Waals surface area contributed by atoms with Gasteiger partial charge >= 0.3 is 7.12 Å². The Hall–Kier alpha value is -0.165. The number of nitrogens with zero attached hydrogens (tertiary/aromatic N) is 1. The zero-order chi connectivity index (χ0) is 9.68. The number of rotatable bonds is 4. The molecular formula is C7H10BNO2S2. The second-order valence-electron chi connectivity index (χ2n) is 2.35. The first kappa shape index (κ1) is 10.9. The van der Waals surface area contributed by atoms with E-state index in [2.05, 4.69) is 4.98 Å². The first-order valence-corrected chi connectivity index (χ1v) is 5.91. The average molecular weight is 215 g/mol. The van der Waals surface area contributed by atoms with Crippen molar-refractivity contribution in [1.29, 1.82) is 0 Å². The van der Waals surface area contributed by atoms with E-state index in [-0.39, 0.29) is 5.65 Å². The maximum atomic E-state index is 8.65. The molecule has 1 rings (SSSR count). The van der Waals surface area contributed by atoms with Crippen LogP contribution in [-0.4, -0.2) is 34.1 Å². The van der Waals surface area contributed by atoms with Crippen LogP contribution in [0.2, 0.25) is 0 Å². The minimum Gasteiger partial charge on any atom is -0.427 e. The summed E-state index contributed by atoms with van der Waals surface area (Å²) in [6.07, 6.45) is 5.48. The van der Waals surface area contributed by atoms with Crippen molar-refractivity contribution in [2.75, 3.05) is 11.9 Å². The van der Waals surface area contributed by atoms with E-state index in [4.69, 9.17) is 10.0 Å². The quantitative estimate of drug-likeness (QED) is 0.577. The lowest BCUT2D eigenvalue weighted by molar-refractivity contribution is 0.415. The van der Waals surface area contributed by atoms with Gasteiger partial charge in [-0.1, -0.05) is 0 Å². The molecule has 0 spiro atoms. The lowest BCUT2D eigenvalue weighted by Gasteiger charge is -2.01. The smallest absolute Gasteiger partial charge is 0.427 e. The molecule has 0 amide bonds. The van der Waals surface area contributed by atoms with Crippen molar-refractivity contribution in [3.63, 3.8) is 0 Å². The Morgan fingerprint density at radius 1 is 1.38 bits per heavy atom. The van der Waals surface area contributed by atoms with Crippen molar-refractivity contribution in [2.24, 2.45) is 0 Å². The first-order valence-electron chi connectivity index (χ1n) is 3.70. The van der Waals surface area contributed by atoms with Gasteiger partial charge in [-0.05, 0) is 12.3 Å². The van der Waals surface area contributed by atoms with Crippen LogP contribution in [0.15, 0.2) is 28.3 Å². The van der Waals surface area contributed by atoms with Crippen LogP contribution in [0.4, 0.5) is 0 Å². The van der Waals surface area contributed by atoms with Crippen molar-refractivity contribution in [2.45, 2.75) is 9.79 Å². The van der Waals surface area contributed by atoms with E-state index >= 15 is 0 Å². The first-order chi connectivity index (χ1) is 6.22. The number of pyridine rings is 1.